The molecule has 0 aliphatic heterocycles. The molecule has 0 aliphatic carbocycles. The first-order valence-corrected chi connectivity index (χ1v) is 18.6. The van der Waals surface area contributed by atoms with Gasteiger partial charge in [0.1, 0.15) is 0 Å². The van der Waals surface area contributed by atoms with Crippen LogP contribution in [0.25, 0.3) is 91.4 Å². The minimum absolute atomic E-state index is 0.185. The first-order valence-electron chi connectivity index (χ1n) is 18.6. The maximum Gasteiger partial charge on any atom is 0.202 e. The van der Waals surface area contributed by atoms with E-state index in [0.29, 0.717) is 29.1 Å². The molecule has 0 aliphatic rings. The van der Waals surface area contributed by atoms with Crippen LogP contribution >= 0.6 is 0 Å². The molecule has 9 rings (SSSR count). The van der Waals surface area contributed by atoms with Crippen LogP contribution in [0.4, 0.5) is 0 Å². The highest BCUT2D eigenvalue weighted by Crippen LogP contribution is 2.31. The average molecular weight is 752 g/mol. The summed E-state index contributed by atoms with van der Waals surface area (Å²) in [4.78, 5) is 49.9. The zero-order chi connectivity index (χ0) is 39.3. The van der Waals surface area contributed by atoms with Gasteiger partial charge in [-0.1, -0.05) is 152 Å². The summed E-state index contributed by atoms with van der Waals surface area (Å²) in [7, 11) is 0. The molecule has 0 amide bonds. The molecule has 0 radical (unpaired) electrons. The standard InChI is InChI=1S/C47H33N11/c1-3-4-9-20-31(2)38-49-39(32-21-10-5-11-22-32)52-42(50-38)44-55-45(43-53-40(33-23-12-6-13-24-33)51-41(54-43)34-25-14-7-15-26-34)57-46(56-44)47-48-36-29-18-19-30-37(36)58(47)35-27-16-8-17-28-35/h3-30H,1H2,2H3/b9-4-,31-20+. The molecule has 11 nitrogen and oxygen atoms in total. The lowest BCUT2D eigenvalue weighted by atomic mass is 10.2. The van der Waals surface area contributed by atoms with Gasteiger partial charge in [-0.15, -0.1) is 0 Å². The van der Waals surface area contributed by atoms with Crippen molar-refractivity contribution >= 4 is 16.6 Å². The van der Waals surface area contributed by atoms with Gasteiger partial charge in [0, 0.05) is 22.4 Å². The van der Waals surface area contributed by atoms with Crippen molar-refractivity contribution < 1.29 is 0 Å². The number of aromatic nitrogens is 11. The van der Waals surface area contributed by atoms with Crippen molar-refractivity contribution in [2.24, 2.45) is 0 Å². The third-order valence-electron chi connectivity index (χ3n) is 9.12. The van der Waals surface area contributed by atoms with Gasteiger partial charge in [-0.25, -0.2) is 49.8 Å². The third kappa shape index (κ3) is 7.30. The van der Waals surface area contributed by atoms with E-state index in [2.05, 4.69) is 6.58 Å². The van der Waals surface area contributed by atoms with Crippen molar-refractivity contribution in [1.29, 1.82) is 0 Å². The molecule has 9 aromatic rings. The summed E-state index contributed by atoms with van der Waals surface area (Å²) in [5.41, 5.74) is 5.76. The number of nitrogens with zero attached hydrogens (tertiary/aromatic N) is 11. The maximum absolute atomic E-state index is 5.09. The van der Waals surface area contributed by atoms with E-state index >= 15 is 0 Å². The number of benzene rings is 5. The highest BCUT2D eigenvalue weighted by Gasteiger charge is 2.24. The molecule has 0 fully saturated rings. The van der Waals surface area contributed by atoms with Crippen molar-refractivity contribution in [3.8, 4) is 74.8 Å². The SMILES string of the molecule is C=C/C=C\C=C(/C)c1nc(-c2ccccc2)nc(-c2nc(-c3nc(-c4ccccc4)nc(-c4ccccc4)n3)nc(-c3nc4ccccc4n3-c3ccccc3)n2)n1. The Balaban J connectivity index is 1.33. The van der Waals surface area contributed by atoms with Gasteiger partial charge in [0.2, 0.25) is 29.1 Å². The highest BCUT2D eigenvalue weighted by atomic mass is 15.2. The quantitative estimate of drug-likeness (QED) is 0.124. The Morgan fingerprint density at radius 1 is 0.431 bits per heavy atom. The van der Waals surface area contributed by atoms with Gasteiger partial charge in [-0.05, 0) is 36.8 Å². The van der Waals surface area contributed by atoms with Crippen LogP contribution in [-0.4, -0.2) is 54.4 Å². The molecule has 5 aromatic carbocycles. The van der Waals surface area contributed by atoms with Crippen LogP contribution < -0.4 is 0 Å². The fourth-order valence-electron chi connectivity index (χ4n) is 6.32. The van der Waals surface area contributed by atoms with Crippen LogP contribution in [-0.2, 0) is 0 Å². The van der Waals surface area contributed by atoms with E-state index in [1.807, 2.05) is 175 Å². The monoisotopic (exact) mass is 751 g/mol. The van der Waals surface area contributed by atoms with Gasteiger partial charge < -0.3 is 0 Å². The molecular weight excluding hydrogens is 719 g/mol. The van der Waals surface area contributed by atoms with Gasteiger partial charge in [0.25, 0.3) is 0 Å². The van der Waals surface area contributed by atoms with Gasteiger partial charge in [-0.3, -0.25) is 4.57 Å². The molecule has 11 heteroatoms. The molecule has 4 heterocycles. The summed E-state index contributed by atoms with van der Waals surface area (Å²) in [6.07, 6.45) is 7.36. The molecule has 276 valence electrons. The van der Waals surface area contributed by atoms with Crippen LogP contribution in [0, 0.1) is 0 Å². The average Bonchev–Trinajstić information content (AvgIpc) is 3.70. The first-order chi connectivity index (χ1) is 28.6. The fourth-order valence-corrected chi connectivity index (χ4v) is 6.32. The van der Waals surface area contributed by atoms with Crippen LogP contribution in [0.15, 0.2) is 176 Å². The van der Waals surface area contributed by atoms with E-state index in [-0.39, 0.29) is 29.1 Å². The molecule has 0 N–H and O–H groups in total. The van der Waals surface area contributed by atoms with Crippen molar-refractivity contribution in [3.63, 3.8) is 0 Å². The van der Waals surface area contributed by atoms with E-state index in [1.165, 1.54) is 0 Å². The van der Waals surface area contributed by atoms with E-state index < -0.39 is 0 Å². The second-order valence-electron chi connectivity index (χ2n) is 13.1. The van der Waals surface area contributed by atoms with Crippen LogP contribution in [0.1, 0.15) is 12.7 Å². The smallest absolute Gasteiger partial charge is 0.202 e. The Kier molecular flexibility index (Phi) is 9.73. The van der Waals surface area contributed by atoms with E-state index in [9.17, 15) is 0 Å². The van der Waals surface area contributed by atoms with Gasteiger partial charge in [-0.2, -0.15) is 0 Å². The summed E-state index contributed by atoms with van der Waals surface area (Å²) < 4.78 is 2.03. The zero-order valence-corrected chi connectivity index (χ0v) is 31.3. The predicted molar refractivity (Wildman–Crippen MR) is 227 cm³/mol. The molecule has 0 saturated heterocycles. The van der Waals surface area contributed by atoms with Crippen molar-refractivity contribution in [1.82, 2.24) is 54.4 Å². The second kappa shape index (κ2) is 15.9. The second-order valence-corrected chi connectivity index (χ2v) is 13.1. The Labute approximate surface area is 334 Å². The lowest BCUT2D eigenvalue weighted by molar-refractivity contribution is 0.951. The van der Waals surface area contributed by atoms with E-state index in [4.69, 9.17) is 49.8 Å². The minimum atomic E-state index is 0.185. The number of hydrogen-bond acceptors (Lipinski definition) is 10. The summed E-state index contributed by atoms with van der Waals surface area (Å²) in [5, 5.41) is 0. The Bertz CT molecular complexity index is 2910. The summed E-state index contributed by atoms with van der Waals surface area (Å²) in [6, 6.07) is 47.1. The Morgan fingerprint density at radius 2 is 0.845 bits per heavy atom. The molecule has 0 spiro atoms. The molecule has 0 saturated carbocycles. The zero-order valence-electron chi connectivity index (χ0n) is 31.3. The van der Waals surface area contributed by atoms with Crippen LogP contribution in [0.2, 0.25) is 0 Å². The number of para-hydroxylation sites is 3. The summed E-state index contributed by atoms with van der Waals surface area (Å²) in [5.74, 6) is 3.44. The number of imidazole rings is 1. The molecule has 0 atom stereocenters. The number of fused-ring (bicyclic) bond motifs is 1. The van der Waals surface area contributed by atoms with Crippen LogP contribution in [0.3, 0.4) is 0 Å². The molecular formula is C47H33N11. The van der Waals surface area contributed by atoms with Crippen LogP contribution in [0.5, 0.6) is 0 Å². The van der Waals surface area contributed by atoms with Gasteiger partial charge >= 0.3 is 0 Å². The van der Waals surface area contributed by atoms with Gasteiger partial charge in [0.05, 0.1) is 11.0 Å². The highest BCUT2D eigenvalue weighted by molar-refractivity contribution is 5.82. The maximum atomic E-state index is 5.09. The molecule has 0 bridgehead atoms. The lowest BCUT2D eigenvalue weighted by Gasteiger charge is -2.12. The molecule has 58 heavy (non-hydrogen) atoms. The Morgan fingerprint density at radius 3 is 1.40 bits per heavy atom. The fraction of sp³-hybridized carbons (Fsp3) is 0.0213. The first kappa shape index (κ1) is 35.5. The number of allylic oxidation sites excluding steroid dienone is 5. The summed E-state index contributed by atoms with van der Waals surface area (Å²) >= 11 is 0. The Hall–Kier alpha value is -8.18. The van der Waals surface area contributed by atoms with E-state index in [0.717, 1.165) is 39.0 Å². The minimum Gasteiger partial charge on any atom is -0.290 e. The van der Waals surface area contributed by atoms with Crippen molar-refractivity contribution in [2.45, 2.75) is 6.92 Å². The summed E-state index contributed by atoms with van der Waals surface area (Å²) in [6.45, 7) is 5.73. The van der Waals surface area contributed by atoms with Crippen molar-refractivity contribution in [3.05, 3.63) is 182 Å². The van der Waals surface area contributed by atoms with E-state index in [1.54, 1.807) is 6.08 Å². The normalized spacial score (nSPS) is 11.6. The van der Waals surface area contributed by atoms with Gasteiger partial charge in [0.15, 0.2) is 29.1 Å². The predicted octanol–water partition coefficient (Wildman–Crippen LogP) is 9.73. The molecule has 4 aromatic heterocycles. The third-order valence-corrected chi connectivity index (χ3v) is 9.12. The topological polar surface area (TPSA) is 134 Å². The lowest BCUT2D eigenvalue weighted by Crippen LogP contribution is -2.10. The largest absolute Gasteiger partial charge is 0.290 e. The number of hydrogen-bond donors (Lipinski definition) is 0. The van der Waals surface area contributed by atoms with Crippen molar-refractivity contribution in [2.75, 3.05) is 0 Å². The molecule has 0 unspecified atom stereocenters. The number of rotatable bonds is 10.